The maximum atomic E-state index is 11.6. The van der Waals surface area contributed by atoms with Crippen LogP contribution in [0.15, 0.2) is 58.3 Å². The molecule has 0 aromatic heterocycles. The molecule has 3 N–H and O–H groups in total. The number of likely N-dealkylation sites (tertiary alicyclic amines) is 1. The van der Waals surface area contributed by atoms with E-state index in [2.05, 4.69) is 9.42 Å². The van der Waals surface area contributed by atoms with Gasteiger partial charge in [0.25, 0.3) is 0 Å². The first-order chi connectivity index (χ1) is 14.4. The Morgan fingerprint density at radius 3 is 1.91 bits per heavy atom. The molecule has 1 aliphatic rings. The van der Waals surface area contributed by atoms with Crippen LogP contribution >= 0.6 is 32.1 Å². The molecular weight excluding hydrogens is 489 g/mol. The van der Waals surface area contributed by atoms with Crippen LogP contribution in [0.4, 0.5) is 0 Å². The summed E-state index contributed by atoms with van der Waals surface area (Å²) in [6.45, 7) is 0.232. The number of nitrogens with zero attached hydrogens (tertiary/aromatic N) is 1. The molecule has 0 bridgehead atoms. The molecule has 1 fully saturated rings. The fourth-order valence-corrected chi connectivity index (χ4v) is 5.86. The van der Waals surface area contributed by atoms with Crippen molar-refractivity contribution >= 4 is 38.0 Å². The largest absolute Gasteiger partial charge is 1.00 e. The summed E-state index contributed by atoms with van der Waals surface area (Å²) in [7, 11) is -2.92. The average molecular weight is 513 g/mol. The van der Waals surface area contributed by atoms with Crippen molar-refractivity contribution in [1.82, 2.24) is 4.90 Å². The Morgan fingerprint density at radius 2 is 1.47 bits per heavy atom. The van der Waals surface area contributed by atoms with E-state index in [4.69, 9.17) is 5.73 Å². The minimum Gasteiger partial charge on any atom is -0.810 e. The van der Waals surface area contributed by atoms with Crippen LogP contribution in [0, 0.1) is 0 Å². The van der Waals surface area contributed by atoms with Gasteiger partial charge < -0.3 is 25.2 Å². The Morgan fingerprint density at radius 1 is 1.00 bits per heavy atom. The van der Waals surface area contributed by atoms with Crippen LogP contribution in [0.25, 0.3) is 0 Å². The Bertz CT molecular complexity index is 834. The van der Waals surface area contributed by atoms with Gasteiger partial charge in [0, 0.05) is 33.4 Å². The summed E-state index contributed by atoms with van der Waals surface area (Å²) in [6.07, 6.45) is 1.98. The first-order valence-corrected chi connectivity index (χ1v) is 12.5. The normalized spacial score (nSPS) is 18.1. The summed E-state index contributed by atoms with van der Waals surface area (Å²) >= 11 is 3.36. The molecule has 0 aliphatic carbocycles. The van der Waals surface area contributed by atoms with E-state index in [0.717, 1.165) is 34.1 Å². The molecule has 7 nitrogen and oxygen atoms in total. The number of thioether (sulfide) groups is 2. The van der Waals surface area contributed by atoms with Crippen molar-refractivity contribution in [2.45, 2.75) is 34.7 Å². The Kier molecular flexibility index (Phi) is 14.8. The van der Waals surface area contributed by atoms with Crippen molar-refractivity contribution < 1.29 is 83.3 Å². The van der Waals surface area contributed by atoms with E-state index in [1.807, 2.05) is 24.3 Å². The van der Waals surface area contributed by atoms with E-state index in [9.17, 15) is 19.7 Å². The fraction of sp³-hybridized carbons (Fsp3) is 0.350. The number of rotatable bonds is 10. The standard InChI is InChI=1S/C20H23N2O5PS2.2Na/c21-20(24)11-22-14(12-29-18-7-3-16(23)4-8-18)1-2-15(22)13-30-19-9-5-17(6-10-19)27-28(25)26;;/h3-10,14-15,23H,1-2,11-13H2,(H2,21,24);;/q-2;2*+1/t14-,15+;;/m1../s1. The number of aromatic hydroxyl groups is 1. The third-order valence-corrected chi connectivity index (χ3v) is 7.51. The molecule has 1 aliphatic heterocycles. The van der Waals surface area contributed by atoms with Crippen LogP contribution in [-0.4, -0.2) is 46.0 Å². The van der Waals surface area contributed by atoms with Crippen LogP contribution in [0.2, 0.25) is 0 Å². The van der Waals surface area contributed by atoms with Crippen LogP contribution in [0.1, 0.15) is 12.8 Å². The summed E-state index contributed by atoms with van der Waals surface area (Å²) in [6, 6.07) is 14.5. The molecule has 0 radical (unpaired) electrons. The molecule has 0 spiro atoms. The minimum atomic E-state index is -2.92. The fourth-order valence-electron chi connectivity index (χ4n) is 3.42. The number of hydrogen-bond donors (Lipinski definition) is 2. The van der Waals surface area contributed by atoms with Gasteiger partial charge in [-0.25, -0.2) is 0 Å². The third kappa shape index (κ3) is 10.0. The van der Waals surface area contributed by atoms with Gasteiger partial charge >= 0.3 is 59.1 Å². The molecule has 0 saturated carbocycles. The Labute approximate surface area is 242 Å². The van der Waals surface area contributed by atoms with Gasteiger partial charge in [0.15, 0.2) is 0 Å². The molecule has 3 rings (SSSR count). The zero-order chi connectivity index (χ0) is 21.5. The molecule has 32 heavy (non-hydrogen) atoms. The Hall–Kier alpha value is 0.520. The summed E-state index contributed by atoms with van der Waals surface area (Å²) in [5, 5.41) is 9.41. The van der Waals surface area contributed by atoms with E-state index in [0.29, 0.717) is 0 Å². The van der Waals surface area contributed by atoms with Crippen LogP contribution in [0.3, 0.4) is 0 Å². The monoisotopic (exact) mass is 512 g/mol. The van der Waals surface area contributed by atoms with Crippen molar-refractivity contribution in [3.8, 4) is 11.5 Å². The van der Waals surface area contributed by atoms with Crippen molar-refractivity contribution in [3.63, 3.8) is 0 Å². The number of carbonyl (C=O) groups is 1. The molecule has 1 heterocycles. The number of carbonyl (C=O) groups excluding carboxylic acids is 1. The molecule has 12 heteroatoms. The van der Waals surface area contributed by atoms with E-state index in [1.54, 1.807) is 47.8 Å². The summed E-state index contributed by atoms with van der Waals surface area (Å²) in [4.78, 5) is 37.2. The quantitative estimate of drug-likeness (QED) is 0.187. The summed E-state index contributed by atoms with van der Waals surface area (Å²) in [5.74, 6) is 1.86. The number of hydrogen-bond acceptors (Lipinski definition) is 8. The predicted octanol–water partition coefficient (Wildman–Crippen LogP) is -4.07. The van der Waals surface area contributed by atoms with E-state index in [-0.39, 0.29) is 95.1 Å². The first-order valence-electron chi connectivity index (χ1n) is 9.42. The van der Waals surface area contributed by atoms with Crippen molar-refractivity contribution in [2.24, 2.45) is 5.73 Å². The van der Waals surface area contributed by atoms with E-state index >= 15 is 0 Å². The topological polar surface area (TPSA) is 122 Å². The summed E-state index contributed by atoms with van der Waals surface area (Å²) < 4.78 is 4.66. The number of benzene rings is 2. The SMILES string of the molecule is NC(=O)CN1[C@@H](CSc2ccc(O)cc2)CC[C@H]1CSc1ccc(OP([O-])[O-])cc1.[Na+].[Na+]. The second-order valence-electron chi connectivity index (χ2n) is 6.93. The second-order valence-corrected chi connectivity index (χ2v) is 9.74. The van der Waals surface area contributed by atoms with Crippen molar-refractivity contribution in [3.05, 3.63) is 48.5 Å². The number of phenols is 1. The van der Waals surface area contributed by atoms with Crippen molar-refractivity contribution in [1.29, 1.82) is 0 Å². The van der Waals surface area contributed by atoms with Crippen LogP contribution < -0.4 is 79.2 Å². The molecule has 162 valence electrons. The smallest absolute Gasteiger partial charge is 0.810 e. The first kappa shape index (κ1) is 30.6. The van der Waals surface area contributed by atoms with Gasteiger partial charge in [0.1, 0.15) is 11.5 Å². The van der Waals surface area contributed by atoms with Gasteiger partial charge in [-0.1, -0.05) is 8.60 Å². The van der Waals surface area contributed by atoms with E-state index < -0.39 is 8.60 Å². The number of primary amides is 1. The number of nitrogens with two attached hydrogens (primary N) is 1. The number of amides is 1. The molecule has 2 aromatic rings. The molecule has 0 unspecified atom stereocenters. The molecule has 2 atom stereocenters. The zero-order valence-corrected chi connectivity index (χ0v) is 24.7. The minimum absolute atomic E-state index is 0. The number of phenolic OH excluding ortho intramolecular Hbond substituents is 1. The molecule has 1 amide bonds. The van der Waals surface area contributed by atoms with Gasteiger partial charge in [0.2, 0.25) is 5.91 Å². The Balaban J connectivity index is 0.00000256. The maximum Gasteiger partial charge on any atom is 1.00 e. The zero-order valence-electron chi connectivity index (χ0n) is 18.2. The average Bonchev–Trinajstić information content (AvgIpc) is 3.07. The maximum absolute atomic E-state index is 11.6. The second kappa shape index (κ2) is 15.5. The van der Waals surface area contributed by atoms with Gasteiger partial charge in [-0.2, -0.15) is 0 Å². The third-order valence-electron chi connectivity index (χ3n) is 4.83. The molecular formula is C20H23N2Na2O5PS2. The van der Waals surface area contributed by atoms with Crippen LogP contribution in [-0.2, 0) is 4.79 Å². The molecule has 1 saturated heterocycles. The predicted molar refractivity (Wildman–Crippen MR) is 116 cm³/mol. The molecule has 2 aromatic carbocycles. The van der Waals surface area contributed by atoms with Gasteiger partial charge in [-0.15, -0.1) is 23.5 Å². The van der Waals surface area contributed by atoms with Crippen LogP contribution in [0.5, 0.6) is 11.5 Å². The van der Waals surface area contributed by atoms with Gasteiger partial charge in [0.05, 0.1) is 6.54 Å². The van der Waals surface area contributed by atoms with E-state index in [1.165, 1.54) is 0 Å². The van der Waals surface area contributed by atoms with Gasteiger partial charge in [-0.05, 0) is 61.4 Å². The summed E-state index contributed by atoms with van der Waals surface area (Å²) in [5.41, 5.74) is 5.50. The van der Waals surface area contributed by atoms with Gasteiger partial charge in [-0.3, -0.25) is 9.69 Å². The van der Waals surface area contributed by atoms with Crippen molar-refractivity contribution in [2.75, 3.05) is 18.1 Å².